The number of benzene rings is 3. The van der Waals surface area contributed by atoms with Crippen LogP contribution in [0.15, 0.2) is 84.9 Å². The first-order chi connectivity index (χ1) is 13.8. The van der Waals surface area contributed by atoms with Crippen molar-refractivity contribution in [2.75, 3.05) is 6.61 Å². The van der Waals surface area contributed by atoms with E-state index in [1.54, 1.807) is 0 Å². The molecule has 142 valence electrons. The smallest absolute Gasteiger partial charge is 0.252 e. The van der Waals surface area contributed by atoms with Crippen LogP contribution in [0.4, 0.5) is 0 Å². The molecule has 3 nitrogen and oxygen atoms in total. The largest absolute Gasteiger partial charge is 0.368 e. The lowest BCUT2D eigenvalue weighted by Crippen LogP contribution is -2.38. The highest BCUT2D eigenvalue weighted by Crippen LogP contribution is 2.26. The number of hydrogen-bond donors (Lipinski definition) is 0. The first kappa shape index (κ1) is 18.5. The van der Waals surface area contributed by atoms with Gasteiger partial charge in [-0.2, -0.15) is 0 Å². The predicted octanol–water partition coefficient (Wildman–Crippen LogP) is 5.06. The third kappa shape index (κ3) is 4.32. The van der Waals surface area contributed by atoms with Crippen LogP contribution in [-0.2, 0) is 22.6 Å². The van der Waals surface area contributed by atoms with E-state index >= 15 is 0 Å². The molecule has 4 rings (SSSR count). The lowest BCUT2D eigenvalue weighted by Gasteiger charge is -2.26. The average molecular weight is 371 g/mol. The first-order valence-electron chi connectivity index (χ1n) is 9.89. The minimum absolute atomic E-state index is 0.0872. The van der Waals surface area contributed by atoms with Gasteiger partial charge < -0.3 is 9.64 Å². The van der Waals surface area contributed by atoms with Gasteiger partial charge in [0.25, 0.3) is 5.91 Å². The normalized spacial score (nSPS) is 16.1. The van der Waals surface area contributed by atoms with Gasteiger partial charge in [-0.05, 0) is 35.1 Å². The van der Waals surface area contributed by atoms with Crippen molar-refractivity contribution in [2.24, 2.45) is 0 Å². The second-order valence-electron chi connectivity index (χ2n) is 7.20. The number of hydrogen-bond acceptors (Lipinski definition) is 2. The molecule has 0 bridgehead atoms. The van der Waals surface area contributed by atoms with Crippen molar-refractivity contribution in [3.63, 3.8) is 0 Å². The summed E-state index contributed by atoms with van der Waals surface area (Å²) in [6, 6.07) is 28.8. The Morgan fingerprint density at radius 2 is 1.54 bits per heavy atom. The molecular formula is C25H25NO2. The van der Waals surface area contributed by atoms with Gasteiger partial charge in [0, 0.05) is 19.7 Å². The van der Waals surface area contributed by atoms with Gasteiger partial charge >= 0.3 is 0 Å². The van der Waals surface area contributed by atoms with E-state index in [1.807, 2.05) is 47.4 Å². The topological polar surface area (TPSA) is 29.5 Å². The van der Waals surface area contributed by atoms with Crippen molar-refractivity contribution < 1.29 is 9.53 Å². The number of nitrogens with zero attached hydrogens (tertiary/aromatic N) is 1. The minimum atomic E-state index is -0.312. The van der Waals surface area contributed by atoms with Crippen LogP contribution >= 0.6 is 0 Å². The molecule has 0 N–H and O–H groups in total. The molecule has 1 unspecified atom stereocenters. The molecule has 1 heterocycles. The fraction of sp³-hybridized carbons (Fsp3) is 0.240. The highest BCUT2D eigenvalue weighted by Gasteiger charge is 2.28. The first-order valence-corrected chi connectivity index (χ1v) is 9.89. The minimum Gasteiger partial charge on any atom is -0.368 e. The van der Waals surface area contributed by atoms with E-state index < -0.39 is 0 Å². The van der Waals surface area contributed by atoms with Gasteiger partial charge in [-0.15, -0.1) is 0 Å². The molecule has 3 aromatic rings. The van der Waals surface area contributed by atoms with Crippen LogP contribution in [-0.4, -0.2) is 23.5 Å². The Hall–Kier alpha value is -2.91. The van der Waals surface area contributed by atoms with Crippen LogP contribution < -0.4 is 0 Å². The van der Waals surface area contributed by atoms with Crippen LogP contribution in [0.25, 0.3) is 11.1 Å². The van der Waals surface area contributed by atoms with E-state index in [1.165, 1.54) is 11.1 Å². The zero-order valence-electron chi connectivity index (χ0n) is 16.0. The second kappa shape index (κ2) is 8.85. The fourth-order valence-electron chi connectivity index (χ4n) is 3.75. The summed E-state index contributed by atoms with van der Waals surface area (Å²) >= 11 is 0. The summed E-state index contributed by atoms with van der Waals surface area (Å²) in [6.07, 6.45) is 1.45. The van der Waals surface area contributed by atoms with E-state index in [4.69, 9.17) is 4.74 Å². The highest BCUT2D eigenvalue weighted by molar-refractivity contribution is 5.81. The molecule has 0 aliphatic carbocycles. The Balaban J connectivity index is 1.63. The third-order valence-electron chi connectivity index (χ3n) is 5.20. The Bertz CT molecular complexity index is 902. The number of amides is 1. The van der Waals surface area contributed by atoms with Crippen LogP contribution in [0, 0.1) is 0 Å². The van der Waals surface area contributed by atoms with Crippen molar-refractivity contribution in [1.82, 2.24) is 4.90 Å². The van der Waals surface area contributed by atoms with Crippen LogP contribution in [0.5, 0.6) is 0 Å². The van der Waals surface area contributed by atoms with E-state index in [2.05, 4.69) is 42.5 Å². The average Bonchev–Trinajstić information content (AvgIpc) is 3.29. The Kier molecular flexibility index (Phi) is 5.83. The molecule has 3 heteroatoms. The summed E-state index contributed by atoms with van der Waals surface area (Å²) in [5, 5.41) is 0. The molecule has 1 aliphatic heterocycles. The van der Waals surface area contributed by atoms with Gasteiger partial charge in [-0.25, -0.2) is 0 Å². The molecule has 1 fully saturated rings. The quantitative estimate of drug-likeness (QED) is 0.606. The highest BCUT2D eigenvalue weighted by atomic mass is 16.5. The molecule has 1 aliphatic rings. The summed E-state index contributed by atoms with van der Waals surface area (Å²) in [5.41, 5.74) is 4.62. The van der Waals surface area contributed by atoms with Gasteiger partial charge in [0.1, 0.15) is 6.10 Å². The van der Waals surface area contributed by atoms with Crippen molar-refractivity contribution in [3.8, 4) is 11.1 Å². The summed E-state index contributed by atoms with van der Waals surface area (Å²) in [5.74, 6) is 0.0872. The maximum Gasteiger partial charge on any atom is 0.252 e. The van der Waals surface area contributed by atoms with Gasteiger partial charge in [0.15, 0.2) is 0 Å². The zero-order valence-corrected chi connectivity index (χ0v) is 16.0. The Morgan fingerprint density at radius 3 is 2.25 bits per heavy atom. The molecule has 1 atom stereocenters. The summed E-state index contributed by atoms with van der Waals surface area (Å²) in [4.78, 5) is 15.1. The lowest BCUT2D eigenvalue weighted by molar-refractivity contribution is -0.142. The van der Waals surface area contributed by atoms with Crippen molar-refractivity contribution in [2.45, 2.75) is 32.0 Å². The van der Waals surface area contributed by atoms with Crippen molar-refractivity contribution in [3.05, 3.63) is 96.1 Å². The van der Waals surface area contributed by atoms with E-state index in [0.29, 0.717) is 19.7 Å². The van der Waals surface area contributed by atoms with Crippen molar-refractivity contribution in [1.29, 1.82) is 0 Å². The molecule has 28 heavy (non-hydrogen) atoms. The van der Waals surface area contributed by atoms with Gasteiger partial charge in [-0.1, -0.05) is 84.9 Å². The second-order valence-corrected chi connectivity index (χ2v) is 7.20. The molecular weight excluding hydrogens is 346 g/mol. The number of ether oxygens (including phenoxy) is 1. The number of carbonyl (C=O) groups is 1. The SMILES string of the molecule is O=C(C1CCCO1)N(Cc1ccccc1)Cc1ccccc1-c1ccccc1. The van der Waals surface area contributed by atoms with Crippen LogP contribution in [0.3, 0.4) is 0 Å². The Morgan fingerprint density at radius 1 is 0.857 bits per heavy atom. The molecule has 3 aromatic carbocycles. The summed E-state index contributed by atoms with van der Waals surface area (Å²) < 4.78 is 5.69. The molecule has 0 radical (unpaired) electrons. The molecule has 0 saturated carbocycles. The molecule has 1 saturated heterocycles. The monoisotopic (exact) mass is 371 g/mol. The fourth-order valence-corrected chi connectivity index (χ4v) is 3.75. The van der Waals surface area contributed by atoms with Gasteiger partial charge in [0.05, 0.1) is 0 Å². The zero-order chi connectivity index (χ0) is 19.2. The predicted molar refractivity (Wildman–Crippen MR) is 112 cm³/mol. The van der Waals surface area contributed by atoms with Crippen molar-refractivity contribution >= 4 is 5.91 Å². The maximum atomic E-state index is 13.2. The van der Waals surface area contributed by atoms with E-state index in [9.17, 15) is 4.79 Å². The third-order valence-corrected chi connectivity index (χ3v) is 5.20. The van der Waals surface area contributed by atoms with E-state index in [0.717, 1.165) is 24.0 Å². The van der Waals surface area contributed by atoms with Crippen LogP contribution in [0.1, 0.15) is 24.0 Å². The van der Waals surface area contributed by atoms with Crippen LogP contribution in [0.2, 0.25) is 0 Å². The number of carbonyl (C=O) groups excluding carboxylic acids is 1. The van der Waals surface area contributed by atoms with E-state index in [-0.39, 0.29) is 12.0 Å². The summed E-state index contributed by atoms with van der Waals surface area (Å²) in [7, 11) is 0. The standard InChI is InChI=1S/C25H25NO2/c27-25(24-16-9-17-28-24)26(18-20-10-3-1-4-11-20)19-22-14-7-8-15-23(22)21-12-5-2-6-13-21/h1-8,10-15,24H,9,16-19H2. The maximum absolute atomic E-state index is 13.2. The molecule has 0 aromatic heterocycles. The van der Waals surface area contributed by atoms with Gasteiger partial charge in [-0.3, -0.25) is 4.79 Å². The number of rotatable bonds is 6. The molecule has 0 spiro atoms. The Labute approximate surface area is 166 Å². The molecule has 1 amide bonds. The lowest BCUT2D eigenvalue weighted by atomic mass is 9.99. The summed E-state index contributed by atoms with van der Waals surface area (Å²) in [6.45, 7) is 1.83. The van der Waals surface area contributed by atoms with Gasteiger partial charge in [0.2, 0.25) is 0 Å².